The maximum absolute atomic E-state index is 5.53. The molecule has 0 amide bonds. The van der Waals surface area contributed by atoms with Crippen molar-refractivity contribution in [2.75, 3.05) is 47.5 Å². The molecule has 2 aliphatic rings. The van der Waals surface area contributed by atoms with Gasteiger partial charge in [-0.05, 0) is 49.3 Å². The van der Waals surface area contributed by atoms with E-state index in [4.69, 9.17) is 14.2 Å². The summed E-state index contributed by atoms with van der Waals surface area (Å²) < 4.78 is 16.5. The second kappa shape index (κ2) is 10.4. The van der Waals surface area contributed by atoms with Gasteiger partial charge in [-0.3, -0.25) is 0 Å². The molecule has 0 radical (unpaired) electrons. The minimum absolute atomic E-state index is 0.670. The molecule has 2 N–H and O–H groups in total. The fraction of sp³-hybridized carbons (Fsp3) is 0.538. The van der Waals surface area contributed by atoms with Crippen LogP contribution in [-0.4, -0.2) is 53.6 Å². The Bertz CT molecular complexity index is 801. The van der Waals surface area contributed by atoms with Crippen LogP contribution in [0.4, 0.5) is 0 Å². The molecule has 2 aromatic carbocycles. The number of rotatable bonds is 7. The van der Waals surface area contributed by atoms with Crippen molar-refractivity contribution in [1.82, 2.24) is 0 Å². The first kappa shape index (κ1) is 22.0. The summed E-state index contributed by atoms with van der Waals surface area (Å²) in [5.41, 5.74) is 2.78. The summed E-state index contributed by atoms with van der Waals surface area (Å²) in [4.78, 5) is 3.48. The van der Waals surface area contributed by atoms with E-state index in [-0.39, 0.29) is 0 Å². The SMILES string of the molecule is COc1cc(C[NH+]2CC[NH+](C3CCC(c4ccccc4)CC3)CC2)cc(OC)c1OC. The molecule has 1 saturated heterocycles. The largest absolute Gasteiger partial charge is 0.493 e. The summed E-state index contributed by atoms with van der Waals surface area (Å²) in [5.74, 6) is 2.93. The highest BCUT2D eigenvalue weighted by Crippen LogP contribution is 2.38. The average molecular weight is 427 g/mol. The normalized spacial score (nSPS) is 26.3. The van der Waals surface area contributed by atoms with Gasteiger partial charge in [-0.2, -0.15) is 0 Å². The molecule has 1 aliphatic carbocycles. The molecule has 1 heterocycles. The zero-order chi connectivity index (χ0) is 21.6. The van der Waals surface area contributed by atoms with E-state index >= 15 is 0 Å². The van der Waals surface area contributed by atoms with Crippen LogP contribution < -0.4 is 24.0 Å². The van der Waals surface area contributed by atoms with Gasteiger partial charge in [-0.15, -0.1) is 0 Å². The van der Waals surface area contributed by atoms with E-state index in [0.29, 0.717) is 5.75 Å². The maximum Gasteiger partial charge on any atom is 0.203 e. The van der Waals surface area contributed by atoms with Crippen molar-refractivity contribution in [1.29, 1.82) is 0 Å². The Labute approximate surface area is 186 Å². The molecule has 1 saturated carbocycles. The van der Waals surface area contributed by atoms with E-state index in [1.54, 1.807) is 26.2 Å². The van der Waals surface area contributed by atoms with Crippen molar-refractivity contribution >= 4 is 0 Å². The smallest absolute Gasteiger partial charge is 0.203 e. The minimum Gasteiger partial charge on any atom is -0.493 e. The molecule has 168 valence electrons. The topological polar surface area (TPSA) is 36.6 Å². The third kappa shape index (κ3) is 5.16. The van der Waals surface area contributed by atoms with Gasteiger partial charge in [-0.1, -0.05) is 30.3 Å². The lowest BCUT2D eigenvalue weighted by atomic mass is 9.81. The molecular formula is C26H38N2O3+2. The van der Waals surface area contributed by atoms with Crippen LogP contribution in [0.1, 0.15) is 42.7 Å². The lowest BCUT2D eigenvalue weighted by Crippen LogP contribution is -3.29. The number of hydrogen-bond acceptors (Lipinski definition) is 3. The number of methoxy groups -OCH3 is 3. The predicted molar refractivity (Wildman–Crippen MR) is 123 cm³/mol. The van der Waals surface area contributed by atoms with Crippen LogP contribution in [0.15, 0.2) is 42.5 Å². The molecule has 0 aromatic heterocycles. The monoisotopic (exact) mass is 426 g/mol. The summed E-state index contributed by atoms with van der Waals surface area (Å²) in [5, 5.41) is 0. The third-order valence-corrected chi connectivity index (χ3v) is 7.35. The van der Waals surface area contributed by atoms with Crippen LogP contribution in [-0.2, 0) is 6.54 Å². The molecule has 0 bridgehead atoms. The summed E-state index contributed by atoms with van der Waals surface area (Å²) in [6, 6.07) is 16.1. The van der Waals surface area contributed by atoms with Gasteiger partial charge < -0.3 is 24.0 Å². The fourth-order valence-electron chi connectivity index (χ4n) is 5.60. The Morgan fingerprint density at radius 3 is 1.94 bits per heavy atom. The van der Waals surface area contributed by atoms with Crippen molar-refractivity contribution < 1.29 is 24.0 Å². The molecule has 1 aliphatic heterocycles. The molecule has 2 aromatic rings. The second-order valence-corrected chi connectivity index (χ2v) is 9.08. The maximum atomic E-state index is 5.53. The van der Waals surface area contributed by atoms with Gasteiger partial charge in [-0.25, -0.2) is 0 Å². The van der Waals surface area contributed by atoms with Crippen LogP contribution in [0.2, 0.25) is 0 Å². The molecule has 2 fully saturated rings. The lowest BCUT2D eigenvalue weighted by Gasteiger charge is -2.38. The number of piperazine rings is 1. The Kier molecular flexibility index (Phi) is 7.36. The summed E-state index contributed by atoms with van der Waals surface area (Å²) in [6.07, 6.45) is 5.44. The Balaban J connectivity index is 1.29. The Morgan fingerprint density at radius 1 is 0.774 bits per heavy atom. The van der Waals surface area contributed by atoms with Crippen molar-refractivity contribution in [2.24, 2.45) is 0 Å². The van der Waals surface area contributed by atoms with E-state index in [0.717, 1.165) is 30.0 Å². The first-order chi connectivity index (χ1) is 15.2. The molecule has 0 unspecified atom stereocenters. The zero-order valence-electron chi connectivity index (χ0n) is 19.3. The molecule has 31 heavy (non-hydrogen) atoms. The van der Waals surface area contributed by atoms with Crippen LogP contribution in [0.25, 0.3) is 0 Å². The van der Waals surface area contributed by atoms with E-state index in [9.17, 15) is 0 Å². The highest BCUT2D eigenvalue weighted by molar-refractivity contribution is 5.53. The van der Waals surface area contributed by atoms with E-state index in [2.05, 4.69) is 42.5 Å². The fourth-order valence-corrected chi connectivity index (χ4v) is 5.60. The Hall–Kier alpha value is -2.24. The van der Waals surface area contributed by atoms with Crippen LogP contribution in [0.5, 0.6) is 17.2 Å². The molecular weight excluding hydrogens is 388 g/mol. The highest BCUT2D eigenvalue weighted by atomic mass is 16.5. The first-order valence-electron chi connectivity index (χ1n) is 11.7. The van der Waals surface area contributed by atoms with Gasteiger partial charge >= 0.3 is 0 Å². The van der Waals surface area contributed by atoms with Crippen molar-refractivity contribution in [2.45, 2.75) is 44.2 Å². The highest BCUT2D eigenvalue weighted by Gasteiger charge is 2.33. The number of benzene rings is 2. The molecule has 4 rings (SSSR count). The zero-order valence-corrected chi connectivity index (χ0v) is 19.3. The van der Waals surface area contributed by atoms with Gasteiger partial charge in [0, 0.05) is 5.56 Å². The number of ether oxygens (including phenoxy) is 3. The van der Waals surface area contributed by atoms with Gasteiger partial charge in [0.1, 0.15) is 32.7 Å². The van der Waals surface area contributed by atoms with Crippen molar-refractivity contribution in [3.8, 4) is 17.2 Å². The van der Waals surface area contributed by atoms with E-state index < -0.39 is 0 Å². The third-order valence-electron chi connectivity index (χ3n) is 7.35. The summed E-state index contributed by atoms with van der Waals surface area (Å²) in [7, 11) is 5.02. The quantitative estimate of drug-likeness (QED) is 0.708. The molecule has 0 spiro atoms. The number of nitrogens with one attached hydrogen (secondary N) is 2. The van der Waals surface area contributed by atoms with Crippen LogP contribution in [0, 0.1) is 0 Å². The molecule has 0 atom stereocenters. The van der Waals surface area contributed by atoms with Crippen molar-refractivity contribution in [3.63, 3.8) is 0 Å². The van der Waals surface area contributed by atoms with Crippen molar-refractivity contribution in [3.05, 3.63) is 53.6 Å². The van der Waals surface area contributed by atoms with Crippen LogP contribution >= 0.6 is 0 Å². The van der Waals surface area contributed by atoms with Gasteiger partial charge in [0.15, 0.2) is 11.5 Å². The van der Waals surface area contributed by atoms with Gasteiger partial charge in [0.2, 0.25) is 5.75 Å². The Morgan fingerprint density at radius 2 is 1.39 bits per heavy atom. The van der Waals surface area contributed by atoms with E-state index in [1.807, 2.05) is 4.90 Å². The molecule has 5 heteroatoms. The van der Waals surface area contributed by atoms with Gasteiger partial charge in [0.05, 0.1) is 27.4 Å². The standard InChI is InChI=1S/C26H36N2O3/c1-29-24-17-20(18-25(30-2)26(24)31-3)19-27-13-15-28(16-14-27)23-11-9-22(10-12-23)21-7-5-4-6-8-21/h4-8,17-18,22-23H,9-16,19H2,1-3H3/p+2. The summed E-state index contributed by atoms with van der Waals surface area (Å²) in [6.45, 7) is 6.01. The van der Waals surface area contributed by atoms with E-state index in [1.165, 1.54) is 63.0 Å². The molecule has 5 nitrogen and oxygen atoms in total. The summed E-state index contributed by atoms with van der Waals surface area (Å²) >= 11 is 0. The first-order valence-corrected chi connectivity index (χ1v) is 11.7. The lowest BCUT2D eigenvalue weighted by molar-refractivity contribution is -1.03. The van der Waals surface area contributed by atoms with Crippen LogP contribution in [0.3, 0.4) is 0 Å². The van der Waals surface area contributed by atoms with Gasteiger partial charge in [0.25, 0.3) is 0 Å². The number of quaternary nitrogens is 2. The minimum atomic E-state index is 0.670. The second-order valence-electron chi connectivity index (χ2n) is 9.08. The predicted octanol–water partition coefficient (Wildman–Crippen LogP) is 1.72. The number of hydrogen-bond donors (Lipinski definition) is 2. The average Bonchev–Trinajstić information content (AvgIpc) is 2.84.